The van der Waals surface area contributed by atoms with Crippen LogP contribution in [0.1, 0.15) is 30.6 Å². The van der Waals surface area contributed by atoms with Crippen molar-refractivity contribution >= 4 is 11.4 Å². The smallest absolute Gasteiger partial charge is 0.257 e. The maximum absolute atomic E-state index is 13.0. The molecule has 2 aromatic heterocycles. The number of fused-ring (bicyclic) bond motifs is 2. The monoisotopic (exact) mass is 313 g/mol. The van der Waals surface area contributed by atoms with Crippen molar-refractivity contribution in [2.45, 2.75) is 20.3 Å². The Hall–Kier alpha value is -1.88. The minimum Gasteiger partial charge on any atom is -0.384 e. The third-order valence-electron chi connectivity index (χ3n) is 5.77. The second-order valence-corrected chi connectivity index (χ2v) is 7.79. The van der Waals surface area contributed by atoms with Crippen molar-refractivity contribution in [2.75, 3.05) is 26.8 Å². The van der Waals surface area contributed by atoms with Gasteiger partial charge in [-0.05, 0) is 29.9 Å². The molecular weight excluding hydrogens is 290 g/mol. The lowest BCUT2D eigenvalue weighted by Gasteiger charge is -2.56. The van der Waals surface area contributed by atoms with Gasteiger partial charge in [0, 0.05) is 31.8 Å². The number of carbonyl (C=O) groups excluding carboxylic acids is 1. The van der Waals surface area contributed by atoms with Gasteiger partial charge in [-0.3, -0.25) is 4.79 Å². The van der Waals surface area contributed by atoms with E-state index in [9.17, 15) is 4.79 Å². The fourth-order valence-electron chi connectivity index (χ4n) is 5.03. The highest BCUT2D eigenvalue weighted by molar-refractivity contribution is 6.00. The third kappa shape index (κ3) is 2.02. The van der Waals surface area contributed by atoms with E-state index in [0.29, 0.717) is 11.5 Å². The molecule has 1 aliphatic heterocycles. The first-order valence-corrected chi connectivity index (χ1v) is 8.17. The van der Waals surface area contributed by atoms with Crippen LogP contribution in [0.3, 0.4) is 0 Å². The van der Waals surface area contributed by atoms with Crippen molar-refractivity contribution in [3.63, 3.8) is 0 Å². The highest BCUT2D eigenvalue weighted by Crippen LogP contribution is 2.62. The van der Waals surface area contributed by atoms with Crippen LogP contribution in [0, 0.1) is 16.7 Å². The Kier molecular flexibility index (Phi) is 3.07. The summed E-state index contributed by atoms with van der Waals surface area (Å²) in [5.41, 5.74) is 1.99. The average molecular weight is 313 g/mol. The highest BCUT2D eigenvalue weighted by Gasteiger charge is 2.63. The van der Waals surface area contributed by atoms with Crippen LogP contribution >= 0.6 is 0 Å². The highest BCUT2D eigenvalue weighted by atomic mass is 16.5. The number of rotatable bonds is 3. The van der Waals surface area contributed by atoms with Crippen molar-refractivity contribution in [1.29, 1.82) is 0 Å². The van der Waals surface area contributed by atoms with Crippen molar-refractivity contribution in [3.8, 4) is 0 Å². The molecule has 2 atom stereocenters. The Morgan fingerprint density at radius 2 is 2.26 bits per heavy atom. The Balaban J connectivity index is 1.63. The lowest BCUT2D eigenvalue weighted by molar-refractivity contribution is -0.107. The summed E-state index contributed by atoms with van der Waals surface area (Å²) in [7, 11) is 1.76. The van der Waals surface area contributed by atoms with Gasteiger partial charge < -0.3 is 9.64 Å². The molecule has 2 fully saturated rings. The molecule has 5 heteroatoms. The standard InChI is InChI=1S/C18H23N3O2/c1-17(2)10-18(12-23-3)11-20(9-15(17)18)16(22)13-8-19-21-7-5-4-6-14(13)21/h4-8,15H,9-12H2,1-3H3/t15-,18-/m1/s1. The van der Waals surface area contributed by atoms with E-state index < -0.39 is 0 Å². The predicted molar refractivity (Wildman–Crippen MR) is 87.3 cm³/mol. The summed E-state index contributed by atoms with van der Waals surface area (Å²) in [5.74, 6) is 0.604. The molecule has 1 amide bonds. The molecule has 1 saturated heterocycles. The molecule has 5 nitrogen and oxygen atoms in total. The molecule has 0 bridgehead atoms. The number of likely N-dealkylation sites (tertiary alicyclic amines) is 1. The first kappa shape index (κ1) is 14.7. The second-order valence-electron chi connectivity index (χ2n) is 7.79. The number of hydrogen-bond donors (Lipinski definition) is 0. The number of ether oxygens (including phenoxy) is 1. The largest absolute Gasteiger partial charge is 0.384 e. The van der Waals surface area contributed by atoms with E-state index in [4.69, 9.17) is 4.74 Å². The van der Waals surface area contributed by atoms with Gasteiger partial charge in [-0.15, -0.1) is 0 Å². The number of methoxy groups -OCH3 is 1. The van der Waals surface area contributed by atoms with E-state index in [-0.39, 0.29) is 16.7 Å². The van der Waals surface area contributed by atoms with Gasteiger partial charge in [0.15, 0.2) is 0 Å². The van der Waals surface area contributed by atoms with Crippen LogP contribution < -0.4 is 0 Å². The summed E-state index contributed by atoms with van der Waals surface area (Å²) in [6.07, 6.45) is 4.68. The van der Waals surface area contributed by atoms with E-state index in [0.717, 1.165) is 31.6 Å². The Morgan fingerprint density at radius 3 is 3.00 bits per heavy atom. The molecule has 2 aromatic rings. The number of hydrogen-bond acceptors (Lipinski definition) is 3. The molecule has 1 saturated carbocycles. The van der Waals surface area contributed by atoms with Crippen LogP contribution in [0.25, 0.3) is 5.52 Å². The van der Waals surface area contributed by atoms with E-state index in [1.165, 1.54) is 0 Å². The Morgan fingerprint density at radius 1 is 1.43 bits per heavy atom. The summed E-state index contributed by atoms with van der Waals surface area (Å²) < 4.78 is 7.24. The van der Waals surface area contributed by atoms with Gasteiger partial charge in [-0.25, -0.2) is 4.52 Å². The summed E-state index contributed by atoms with van der Waals surface area (Å²) in [4.78, 5) is 15.0. The van der Waals surface area contributed by atoms with Gasteiger partial charge in [0.2, 0.25) is 0 Å². The molecule has 4 rings (SSSR count). The SMILES string of the molecule is COC[C@@]12CN(C(=O)c3cnn4ccccc34)C[C@@H]1C(C)(C)C2. The van der Waals surface area contributed by atoms with E-state index >= 15 is 0 Å². The van der Waals surface area contributed by atoms with Crippen molar-refractivity contribution in [3.05, 3.63) is 36.2 Å². The molecule has 23 heavy (non-hydrogen) atoms. The van der Waals surface area contributed by atoms with Gasteiger partial charge in [0.1, 0.15) is 0 Å². The molecule has 1 aliphatic carbocycles. The van der Waals surface area contributed by atoms with Gasteiger partial charge in [0.05, 0.1) is 23.9 Å². The molecule has 2 aliphatic rings. The number of nitrogens with zero attached hydrogens (tertiary/aromatic N) is 3. The van der Waals surface area contributed by atoms with Crippen LogP contribution in [0.2, 0.25) is 0 Å². The van der Waals surface area contributed by atoms with Crippen LogP contribution in [0.4, 0.5) is 0 Å². The molecule has 0 aromatic carbocycles. The molecule has 3 heterocycles. The third-order valence-corrected chi connectivity index (χ3v) is 5.77. The minimum absolute atomic E-state index is 0.0897. The van der Waals surface area contributed by atoms with E-state index in [1.54, 1.807) is 17.8 Å². The van der Waals surface area contributed by atoms with Gasteiger partial charge >= 0.3 is 0 Å². The quantitative estimate of drug-likeness (QED) is 0.874. The first-order chi connectivity index (χ1) is 11.0. The van der Waals surface area contributed by atoms with Gasteiger partial charge in [0.25, 0.3) is 5.91 Å². The number of pyridine rings is 1. The van der Waals surface area contributed by atoms with Crippen molar-refractivity contribution < 1.29 is 9.53 Å². The van der Waals surface area contributed by atoms with Crippen molar-refractivity contribution in [1.82, 2.24) is 14.5 Å². The summed E-state index contributed by atoms with van der Waals surface area (Å²) in [6.45, 7) is 6.95. The molecular formula is C18H23N3O2. The van der Waals surface area contributed by atoms with E-state index in [1.807, 2.05) is 29.3 Å². The Labute approximate surface area is 136 Å². The molecule has 0 radical (unpaired) electrons. The zero-order chi connectivity index (χ0) is 16.2. The van der Waals surface area contributed by atoms with Crippen molar-refractivity contribution in [2.24, 2.45) is 16.7 Å². The molecule has 0 N–H and O–H groups in total. The maximum atomic E-state index is 13.0. The van der Waals surface area contributed by atoms with Crippen LogP contribution in [-0.4, -0.2) is 47.2 Å². The first-order valence-electron chi connectivity index (χ1n) is 8.17. The fourth-order valence-corrected chi connectivity index (χ4v) is 5.03. The fraction of sp³-hybridized carbons (Fsp3) is 0.556. The summed E-state index contributed by atoms with van der Waals surface area (Å²) in [5, 5.41) is 4.29. The number of aromatic nitrogens is 2. The predicted octanol–water partition coefficient (Wildman–Crippen LogP) is 2.47. The second kappa shape index (κ2) is 4.81. The van der Waals surface area contributed by atoms with Gasteiger partial charge in [-0.2, -0.15) is 5.10 Å². The van der Waals surface area contributed by atoms with Crippen LogP contribution in [0.5, 0.6) is 0 Å². The molecule has 0 spiro atoms. The summed E-state index contributed by atoms with van der Waals surface area (Å²) >= 11 is 0. The van der Waals surface area contributed by atoms with Crippen LogP contribution in [0.15, 0.2) is 30.6 Å². The van der Waals surface area contributed by atoms with E-state index in [2.05, 4.69) is 18.9 Å². The number of amides is 1. The number of carbonyl (C=O) groups is 1. The van der Waals surface area contributed by atoms with Gasteiger partial charge in [-0.1, -0.05) is 19.9 Å². The van der Waals surface area contributed by atoms with Crippen LogP contribution in [-0.2, 0) is 4.74 Å². The summed E-state index contributed by atoms with van der Waals surface area (Å²) in [6, 6.07) is 5.80. The maximum Gasteiger partial charge on any atom is 0.257 e. The lowest BCUT2D eigenvalue weighted by Crippen LogP contribution is -2.55. The minimum atomic E-state index is 0.0897. The topological polar surface area (TPSA) is 46.8 Å². The molecule has 122 valence electrons. The Bertz CT molecular complexity index is 766. The zero-order valence-corrected chi connectivity index (χ0v) is 14.0. The zero-order valence-electron chi connectivity index (χ0n) is 14.0. The average Bonchev–Trinajstić information content (AvgIpc) is 3.07. The normalized spacial score (nSPS) is 28.7. The molecule has 0 unspecified atom stereocenters. The lowest BCUT2D eigenvalue weighted by atomic mass is 9.48.